The van der Waals surface area contributed by atoms with E-state index >= 15 is 0 Å². The van der Waals surface area contributed by atoms with Gasteiger partial charge in [-0.25, -0.2) is 23.9 Å². The molecular weight excluding hydrogens is 490 g/mol. The number of ether oxygens (including phenoxy) is 2. The number of aromatic nitrogens is 4. The van der Waals surface area contributed by atoms with Crippen molar-refractivity contribution >= 4 is 23.5 Å². The lowest BCUT2D eigenvalue weighted by molar-refractivity contribution is 0.0696. The Kier molecular flexibility index (Phi) is 7.62. The third-order valence-electron chi connectivity index (χ3n) is 5.25. The van der Waals surface area contributed by atoms with Crippen molar-refractivity contribution in [2.45, 2.75) is 25.7 Å². The van der Waals surface area contributed by atoms with Crippen molar-refractivity contribution in [3.8, 4) is 5.88 Å². The van der Waals surface area contributed by atoms with Gasteiger partial charge in [0.25, 0.3) is 0 Å². The quantitative estimate of drug-likeness (QED) is 0.443. The Labute approximate surface area is 209 Å². The zero-order chi connectivity index (χ0) is 25.7. The molecule has 1 atom stereocenters. The van der Waals surface area contributed by atoms with Gasteiger partial charge in [0.2, 0.25) is 11.8 Å². The van der Waals surface area contributed by atoms with E-state index in [0.29, 0.717) is 17.2 Å². The van der Waals surface area contributed by atoms with Gasteiger partial charge in [0.05, 0.1) is 18.2 Å². The number of carbonyl (C=O) groups is 1. The Morgan fingerprint density at radius 1 is 1.22 bits per heavy atom. The van der Waals surface area contributed by atoms with Crippen molar-refractivity contribution < 1.29 is 19.4 Å². The number of hydrogen-bond donors (Lipinski definition) is 2. The van der Waals surface area contributed by atoms with Gasteiger partial charge < -0.3 is 19.9 Å². The first-order valence-corrected chi connectivity index (χ1v) is 11.2. The highest BCUT2D eigenvalue weighted by atomic mass is 35.5. The van der Waals surface area contributed by atoms with Gasteiger partial charge in [0.15, 0.2) is 0 Å². The summed E-state index contributed by atoms with van der Waals surface area (Å²) in [5, 5.41) is 12.8. The number of rotatable bonds is 9. The summed E-state index contributed by atoms with van der Waals surface area (Å²) in [6.45, 7) is -0.0724. The van der Waals surface area contributed by atoms with E-state index in [4.69, 9.17) is 26.2 Å². The molecule has 0 bridgehead atoms. The van der Waals surface area contributed by atoms with E-state index < -0.39 is 17.3 Å². The summed E-state index contributed by atoms with van der Waals surface area (Å²) in [4.78, 5) is 44.8. The lowest BCUT2D eigenvalue weighted by atomic mass is 10.1. The van der Waals surface area contributed by atoms with Crippen molar-refractivity contribution in [2.24, 2.45) is 0 Å². The van der Waals surface area contributed by atoms with Gasteiger partial charge in [-0.1, -0.05) is 29.8 Å². The predicted molar refractivity (Wildman–Crippen MR) is 131 cm³/mol. The molecule has 1 aliphatic carbocycles. The predicted octanol–water partition coefficient (Wildman–Crippen LogP) is 2.51. The van der Waals surface area contributed by atoms with Gasteiger partial charge in [0.1, 0.15) is 12.5 Å². The first-order chi connectivity index (χ1) is 17.3. The van der Waals surface area contributed by atoms with Gasteiger partial charge in [-0.15, -0.1) is 0 Å². The standard InChI is InChI=1S/C24H22ClN5O6/c1-35-14-30-23(33)28-22(29(24(30)34)13-15-2-4-17(25)5-3-15)27-18-6-8-19(9-7-18)36-20-12-16(21(31)32)10-11-26-20/h2-6,8-12,18H,7,13-14H2,1H3,(H,31,32)(H,27,28,33). The molecule has 0 radical (unpaired) electrons. The van der Waals surface area contributed by atoms with Crippen LogP contribution in [-0.4, -0.2) is 43.3 Å². The van der Waals surface area contributed by atoms with Crippen LogP contribution in [0, 0.1) is 0 Å². The number of carboxylic acid groups (broad SMARTS) is 1. The molecule has 2 heterocycles. The Morgan fingerprint density at radius 3 is 2.67 bits per heavy atom. The minimum Gasteiger partial charge on any atom is -0.478 e. The average Bonchev–Trinajstić information content (AvgIpc) is 2.86. The molecule has 36 heavy (non-hydrogen) atoms. The highest BCUT2D eigenvalue weighted by Gasteiger charge is 2.18. The molecule has 0 saturated carbocycles. The SMILES string of the molecule is COCn1c(=O)nc(NC2C=CC(Oc3cc(C(=O)O)ccn3)=CC2)n(Cc2ccc(Cl)cc2)c1=O. The van der Waals surface area contributed by atoms with Crippen molar-refractivity contribution in [1.29, 1.82) is 0 Å². The summed E-state index contributed by atoms with van der Waals surface area (Å²) < 4.78 is 12.9. The minimum atomic E-state index is -1.08. The Hall–Kier alpha value is -4.22. The highest BCUT2D eigenvalue weighted by Crippen LogP contribution is 2.19. The van der Waals surface area contributed by atoms with Crippen LogP contribution < -0.4 is 21.4 Å². The van der Waals surface area contributed by atoms with Gasteiger partial charge in [-0.05, 0) is 42.3 Å². The summed E-state index contributed by atoms with van der Waals surface area (Å²) >= 11 is 5.97. The van der Waals surface area contributed by atoms with Gasteiger partial charge in [-0.3, -0.25) is 4.57 Å². The number of nitrogens with one attached hydrogen (secondary N) is 1. The molecule has 12 heteroatoms. The Balaban J connectivity index is 1.54. The highest BCUT2D eigenvalue weighted by molar-refractivity contribution is 6.30. The van der Waals surface area contributed by atoms with E-state index in [-0.39, 0.29) is 36.7 Å². The lowest BCUT2D eigenvalue weighted by Crippen LogP contribution is -2.44. The van der Waals surface area contributed by atoms with E-state index in [1.807, 2.05) is 0 Å². The summed E-state index contributed by atoms with van der Waals surface area (Å²) in [5.41, 5.74) is -0.453. The molecule has 2 N–H and O–H groups in total. The Morgan fingerprint density at radius 2 is 2.00 bits per heavy atom. The van der Waals surface area contributed by atoms with Gasteiger partial charge >= 0.3 is 17.3 Å². The van der Waals surface area contributed by atoms with E-state index in [0.717, 1.165) is 10.1 Å². The molecular formula is C24H22ClN5O6. The molecule has 186 valence electrons. The van der Waals surface area contributed by atoms with Gasteiger partial charge in [-0.2, -0.15) is 4.98 Å². The van der Waals surface area contributed by atoms with Crippen LogP contribution in [0.15, 0.2) is 76.2 Å². The molecule has 1 aromatic carbocycles. The lowest BCUT2D eigenvalue weighted by Gasteiger charge is -2.21. The molecule has 2 aromatic heterocycles. The van der Waals surface area contributed by atoms with Crippen molar-refractivity contribution in [3.63, 3.8) is 0 Å². The number of allylic oxidation sites excluding steroid dienone is 1. The number of pyridine rings is 1. The van der Waals surface area contributed by atoms with Gasteiger partial charge in [0, 0.05) is 24.4 Å². The van der Waals surface area contributed by atoms with Crippen LogP contribution in [0.25, 0.3) is 0 Å². The largest absolute Gasteiger partial charge is 0.478 e. The van der Waals surface area contributed by atoms with Crippen LogP contribution in [0.3, 0.4) is 0 Å². The monoisotopic (exact) mass is 511 g/mol. The zero-order valence-electron chi connectivity index (χ0n) is 19.1. The minimum absolute atomic E-state index is 0.0628. The number of nitrogens with zero attached hydrogens (tertiary/aromatic N) is 4. The average molecular weight is 512 g/mol. The number of halogens is 1. The van der Waals surface area contributed by atoms with Crippen LogP contribution >= 0.6 is 11.6 Å². The topological polar surface area (TPSA) is 138 Å². The van der Waals surface area contributed by atoms with Crippen LogP contribution in [0.2, 0.25) is 5.02 Å². The molecule has 0 aliphatic heterocycles. The van der Waals surface area contributed by atoms with E-state index in [9.17, 15) is 14.4 Å². The van der Waals surface area contributed by atoms with Crippen LogP contribution in [0.5, 0.6) is 5.88 Å². The number of hydrogen-bond acceptors (Lipinski definition) is 8. The molecule has 0 amide bonds. The molecule has 11 nitrogen and oxygen atoms in total. The fourth-order valence-electron chi connectivity index (χ4n) is 3.46. The first kappa shape index (κ1) is 24.9. The van der Waals surface area contributed by atoms with E-state index in [1.54, 1.807) is 42.5 Å². The molecule has 3 aromatic rings. The second-order valence-corrected chi connectivity index (χ2v) is 8.24. The summed E-state index contributed by atoms with van der Waals surface area (Å²) in [6.07, 6.45) is 7.05. The molecule has 4 rings (SSSR count). The third kappa shape index (κ3) is 5.88. The van der Waals surface area contributed by atoms with E-state index in [1.165, 1.54) is 30.0 Å². The number of anilines is 1. The van der Waals surface area contributed by atoms with Crippen LogP contribution in [0.4, 0.5) is 5.95 Å². The van der Waals surface area contributed by atoms with Crippen LogP contribution in [-0.2, 0) is 18.0 Å². The first-order valence-electron chi connectivity index (χ1n) is 10.8. The molecule has 0 saturated heterocycles. The smallest absolute Gasteiger partial charge is 0.356 e. The zero-order valence-corrected chi connectivity index (χ0v) is 19.9. The van der Waals surface area contributed by atoms with E-state index in [2.05, 4.69) is 15.3 Å². The van der Waals surface area contributed by atoms with Crippen molar-refractivity contribution in [1.82, 2.24) is 19.1 Å². The molecule has 0 spiro atoms. The number of benzene rings is 1. The maximum atomic E-state index is 13.1. The summed E-state index contributed by atoms with van der Waals surface area (Å²) in [7, 11) is 1.38. The van der Waals surface area contributed by atoms with Crippen LogP contribution in [0.1, 0.15) is 22.3 Å². The number of aromatic carboxylic acids is 1. The van der Waals surface area contributed by atoms with Crippen molar-refractivity contribution in [3.05, 3.63) is 104 Å². The number of methoxy groups -OCH3 is 1. The Bertz CT molecular complexity index is 1440. The number of carboxylic acids is 1. The molecule has 1 aliphatic rings. The molecule has 0 fully saturated rings. The fraction of sp³-hybridized carbons (Fsp3) is 0.208. The summed E-state index contributed by atoms with van der Waals surface area (Å²) in [6, 6.07) is 9.40. The maximum absolute atomic E-state index is 13.1. The van der Waals surface area contributed by atoms with Crippen molar-refractivity contribution in [2.75, 3.05) is 12.4 Å². The normalized spacial score (nSPS) is 14.8. The second-order valence-electron chi connectivity index (χ2n) is 7.80. The molecule has 1 unspecified atom stereocenters. The second kappa shape index (κ2) is 11.0. The fourth-order valence-corrected chi connectivity index (χ4v) is 3.59. The third-order valence-corrected chi connectivity index (χ3v) is 5.50. The maximum Gasteiger partial charge on any atom is 0.356 e. The summed E-state index contributed by atoms with van der Waals surface area (Å²) in [5.74, 6) is -0.345.